The van der Waals surface area contributed by atoms with Gasteiger partial charge in [0.1, 0.15) is 5.82 Å². The minimum atomic E-state index is -4.43. The maximum Gasteiger partial charge on any atom is 0.417 e. The molecule has 0 N–H and O–H groups in total. The van der Waals surface area contributed by atoms with Crippen LogP contribution in [0.25, 0.3) is 0 Å². The van der Waals surface area contributed by atoms with Gasteiger partial charge in [0.2, 0.25) is 5.91 Å². The minimum Gasteiger partial charge on any atom is -0.353 e. The number of rotatable bonds is 5. The summed E-state index contributed by atoms with van der Waals surface area (Å²) in [5, 5.41) is 0. The quantitative estimate of drug-likeness (QED) is 0.661. The Morgan fingerprint density at radius 1 is 0.938 bits per heavy atom. The summed E-state index contributed by atoms with van der Waals surface area (Å²) in [5.74, 6) is -0.316. The molecule has 10 heteroatoms. The van der Waals surface area contributed by atoms with Gasteiger partial charge in [-0.25, -0.2) is 4.98 Å². The molecule has 0 saturated carbocycles. The number of hydrogen-bond donors (Lipinski definition) is 0. The molecular formula is C22H21F3N4O3. The fraction of sp³-hybridized carbons (Fsp3) is 0.364. The predicted octanol–water partition coefficient (Wildman–Crippen LogP) is 2.83. The van der Waals surface area contributed by atoms with Gasteiger partial charge in [0.15, 0.2) is 0 Å². The molecule has 4 rings (SSSR count). The highest BCUT2D eigenvalue weighted by atomic mass is 19.4. The SMILES string of the molecule is O=C(CCCN1C(=O)c2ccccc2C1=O)N1CCN(c2ccc(C(F)(F)F)cn2)CC1. The van der Waals surface area contributed by atoms with Crippen LogP contribution in [0.2, 0.25) is 0 Å². The molecule has 2 aliphatic rings. The minimum absolute atomic E-state index is 0.0818. The van der Waals surface area contributed by atoms with Crippen molar-refractivity contribution in [1.82, 2.24) is 14.8 Å². The molecule has 3 heterocycles. The van der Waals surface area contributed by atoms with Gasteiger partial charge in [-0.3, -0.25) is 19.3 Å². The van der Waals surface area contributed by atoms with Gasteiger partial charge in [0.05, 0.1) is 16.7 Å². The number of fused-ring (bicyclic) bond motifs is 1. The van der Waals surface area contributed by atoms with Crippen LogP contribution in [-0.4, -0.2) is 65.2 Å². The third-order valence-corrected chi connectivity index (χ3v) is 5.68. The molecule has 1 saturated heterocycles. The number of anilines is 1. The van der Waals surface area contributed by atoms with Gasteiger partial charge in [-0.05, 0) is 30.7 Å². The number of halogens is 3. The molecule has 0 radical (unpaired) electrons. The molecule has 2 aromatic rings. The van der Waals surface area contributed by atoms with Crippen LogP contribution in [0.4, 0.5) is 19.0 Å². The van der Waals surface area contributed by atoms with E-state index in [2.05, 4.69) is 4.98 Å². The summed E-state index contributed by atoms with van der Waals surface area (Å²) in [6.07, 6.45) is -3.05. The second-order valence-corrected chi connectivity index (χ2v) is 7.68. The first-order chi connectivity index (χ1) is 15.3. The molecule has 7 nitrogen and oxygen atoms in total. The lowest BCUT2D eigenvalue weighted by Gasteiger charge is -2.35. The summed E-state index contributed by atoms with van der Waals surface area (Å²) >= 11 is 0. The van der Waals surface area contributed by atoms with Crippen molar-refractivity contribution in [3.05, 3.63) is 59.3 Å². The molecular weight excluding hydrogens is 425 g/mol. The van der Waals surface area contributed by atoms with Crippen molar-refractivity contribution in [2.24, 2.45) is 0 Å². The summed E-state index contributed by atoms with van der Waals surface area (Å²) in [4.78, 5) is 45.9. The van der Waals surface area contributed by atoms with E-state index in [1.807, 2.05) is 4.90 Å². The second-order valence-electron chi connectivity index (χ2n) is 7.68. The van der Waals surface area contributed by atoms with Crippen LogP contribution in [0.3, 0.4) is 0 Å². The standard InChI is InChI=1S/C22H21F3N4O3/c23-22(24,25)15-7-8-18(26-14-15)27-10-12-28(13-11-27)19(30)6-3-9-29-20(31)16-4-1-2-5-17(16)21(29)32/h1-2,4-5,7-8,14H,3,6,9-13H2. The van der Waals surface area contributed by atoms with Gasteiger partial charge in [0.25, 0.3) is 11.8 Å². The summed E-state index contributed by atoms with van der Waals surface area (Å²) in [7, 11) is 0. The third kappa shape index (κ3) is 4.30. The van der Waals surface area contributed by atoms with Crippen molar-refractivity contribution in [3.63, 3.8) is 0 Å². The lowest BCUT2D eigenvalue weighted by molar-refractivity contribution is -0.138. The van der Waals surface area contributed by atoms with E-state index in [4.69, 9.17) is 0 Å². The first-order valence-electron chi connectivity index (χ1n) is 10.3. The third-order valence-electron chi connectivity index (χ3n) is 5.68. The van der Waals surface area contributed by atoms with E-state index in [1.54, 1.807) is 29.2 Å². The van der Waals surface area contributed by atoms with Crippen LogP contribution in [0, 0.1) is 0 Å². The summed E-state index contributed by atoms with van der Waals surface area (Å²) in [5.41, 5.74) is -0.0261. The molecule has 1 aromatic carbocycles. The normalized spacial score (nSPS) is 16.5. The predicted molar refractivity (Wildman–Crippen MR) is 109 cm³/mol. The van der Waals surface area contributed by atoms with Gasteiger partial charge in [-0.2, -0.15) is 13.2 Å². The maximum absolute atomic E-state index is 12.7. The number of carbonyl (C=O) groups is 3. The number of aromatic nitrogens is 1. The van der Waals surface area contributed by atoms with E-state index < -0.39 is 11.7 Å². The van der Waals surface area contributed by atoms with Crippen molar-refractivity contribution < 1.29 is 27.6 Å². The topological polar surface area (TPSA) is 73.8 Å². The highest BCUT2D eigenvalue weighted by molar-refractivity contribution is 6.21. The lowest BCUT2D eigenvalue weighted by atomic mass is 10.1. The fourth-order valence-electron chi connectivity index (χ4n) is 3.91. The van der Waals surface area contributed by atoms with Gasteiger partial charge < -0.3 is 9.80 Å². The van der Waals surface area contributed by atoms with E-state index in [0.717, 1.165) is 12.3 Å². The lowest BCUT2D eigenvalue weighted by Crippen LogP contribution is -2.49. The van der Waals surface area contributed by atoms with Crippen LogP contribution in [0.1, 0.15) is 39.1 Å². The van der Waals surface area contributed by atoms with Crippen molar-refractivity contribution in [2.75, 3.05) is 37.6 Å². The van der Waals surface area contributed by atoms with E-state index in [9.17, 15) is 27.6 Å². The number of pyridine rings is 1. The Balaban J connectivity index is 1.24. The first-order valence-corrected chi connectivity index (χ1v) is 10.3. The molecule has 168 valence electrons. The number of imide groups is 1. The van der Waals surface area contributed by atoms with Crippen molar-refractivity contribution >= 4 is 23.5 Å². The van der Waals surface area contributed by atoms with Crippen LogP contribution in [-0.2, 0) is 11.0 Å². The number of alkyl halides is 3. The fourth-order valence-corrected chi connectivity index (χ4v) is 3.91. The second kappa shape index (κ2) is 8.60. The Kier molecular flexibility index (Phi) is 5.86. The van der Waals surface area contributed by atoms with Gasteiger partial charge >= 0.3 is 6.18 Å². The number of piperazine rings is 1. The number of hydrogen-bond acceptors (Lipinski definition) is 5. The van der Waals surface area contributed by atoms with E-state index in [0.29, 0.717) is 49.5 Å². The molecule has 0 unspecified atom stereocenters. The number of amides is 3. The molecule has 0 bridgehead atoms. The number of benzene rings is 1. The number of nitrogens with zero attached hydrogens (tertiary/aromatic N) is 4. The Morgan fingerprint density at radius 2 is 1.56 bits per heavy atom. The highest BCUT2D eigenvalue weighted by Crippen LogP contribution is 2.29. The Labute approximate surface area is 182 Å². The molecule has 0 spiro atoms. The van der Waals surface area contributed by atoms with Crippen LogP contribution in [0.15, 0.2) is 42.6 Å². The summed E-state index contributed by atoms with van der Waals surface area (Å²) in [6, 6.07) is 8.98. The van der Waals surface area contributed by atoms with Crippen LogP contribution in [0.5, 0.6) is 0 Å². The average Bonchev–Trinajstić information content (AvgIpc) is 3.04. The van der Waals surface area contributed by atoms with Crippen LogP contribution >= 0.6 is 0 Å². The molecule has 0 aliphatic carbocycles. The Morgan fingerprint density at radius 3 is 2.09 bits per heavy atom. The molecule has 2 aliphatic heterocycles. The first kappa shape index (κ1) is 21.8. The van der Waals surface area contributed by atoms with Crippen LogP contribution < -0.4 is 4.90 Å². The Bertz CT molecular complexity index is 996. The average molecular weight is 446 g/mol. The molecule has 0 atom stereocenters. The highest BCUT2D eigenvalue weighted by Gasteiger charge is 2.35. The monoisotopic (exact) mass is 446 g/mol. The van der Waals surface area contributed by atoms with Gasteiger partial charge in [0, 0.05) is 45.3 Å². The van der Waals surface area contributed by atoms with E-state index in [1.165, 1.54) is 11.0 Å². The molecule has 1 fully saturated rings. The van der Waals surface area contributed by atoms with Crippen molar-refractivity contribution in [2.45, 2.75) is 19.0 Å². The van der Waals surface area contributed by atoms with E-state index >= 15 is 0 Å². The zero-order valence-electron chi connectivity index (χ0n) is 17.1. The van der Waals surface area contributed by atoms with Crippen molar-refractivity contribution in [1.29, 1.82) is 0 Å². The zero-order valence-corrected chi connectivity index (χ0v) is 17.1. The van der Waals surface area contributed by atoms with Gasteiger partial charge in [-0.1, -0.05) is 12.1 Å². The van der Waals surface area contributed by atoms with Crippen molar-refractivity contribution in [3.8, 4) is 0 Å². The van der Waals surface area contributed by atoms with Gasteiger partial charge in [-0.15, -0.1) is 0 Å². The largest absolute Gasteiger partial charge is 0.417 e. The smallest absolute Gasteiger partial charge is 0.353 e. The maximum atomic E-state index is 12.7. The molecule has 1 aromatic heterocycles. The number of carbonyl (C=O) groups excluding carboxylic acids is 3. The summed E-state index contributed by atoms with van der Waals surface area (Å²) < 4.78 is 38.0. The van der Waals surface area contributed by atoms with E-state index in [-0.39, 0.29) is 30.7 Å². The Hall–Kier alpha value is -3.43. The molecule has 3 amide bonds. The summed E-state index contributed by atoms with van der Waals surface area (Å²) in [6.45, 7) is 1.95. The molecule has 32 heavy (non-hydrogen) atoms. The zero-order chi connectivity index (χ0) is 22.9.